The maximum absolute atomic E-state index is 12.8. The van der Waals surface area contributed by atoms with Crippen LogP contribution >= 0.6 is 0 Å². The first kappa shape index (κ1) is 20.1. The fourth-order valence-electron chi connectivity index (χ4n) is 2.70. The summed E-state index contributed by atoms with van der Waals surface area (Å²) in [7, 11) is -2.90. The van der Waals surface area contributed by atoms with E-state index in [1.54, 1.807) is 0 Å². The van der Waals surface area contributed by atoms with Crippen LogP contribution in [0.3, 0.4) is 0 Å². The van der Waals surface area contributed by atoms with Crippen LogP contribution in [0, 0.1) is 0 Å². The van der Waals surface area contributed by atoms with Crippen molar-refractivity contribution in [3.63, 3.8) is 0 Å². The van der Waals surface area contributed by atoms with E-state index in [2.05, 4.69) is 9.46 Å². The Morgan fingerprint density at radius 3 is 2.69 bits per heavy atom. The van der Waals surface area contributed by atoms with Crippen LogP contribution in [0.2, 0.25) is 0 Å². The van der Waals surface area contributed by atoms with Gasteiger partial charge in [-0.15, -0.1) is 0 Å². The number of sulfonamides is 1. The number of carbonyl (C=O) groups is 3. The van der Waals surface area contributed by atoms with Crippen LogP contribution in [-0.2, 0) is 24.3 Å². The lowest BCUT2D eigenvalue weighted by Crippen LogP contribution is -2.42. The molecule has 152 valence electrons. The van der Waals surface area contributed by atoms with Crippen molar-refractivity contribution in [2.75, 3.05) is 29.9 Å². The number of ether oxygens (including phenoxy) is 2. The van der Waals surface area contributed by atoms with Gasteiger partial charge in [0.15, 0.2) is 6.61 Å². The summed E-state index contributed by atoms with van der Waals surface area (Å²) in [5.41, 5.74) is 0.319. The number of anilines is 2. The Labute approximate surface area is 165 Å². The molecule has 2 aromatic rings. The van der Waals surface area contributed by atoms with E-state index < -0.39 is 34.4 Å². The summed E-state index contributed by atoms with van der Waals surface area (Å²) < 4.78 is 37.7. The Kier molecular flexibility index (Phi) is 5.41. The third-order valence-corrected chi connectivity index (χ3v) is 5.39. The van der Waals surface area contributed by atoms with E-state index in [4.69, 9.17) is 9.84 Å². The van der Waals surface area contributed by atoms with Crippen molar-refractivity contribution in [1.82, 2.24) is 0 Å². The number of nitrogens with zero attached hydrogens (tertiary/aromatic N) is 1. The Bertz CT molecular complexity index is 1100. The third kappa shape index (κ3) is 4.29. The second-order valence-electron chi connectivity index (χ2n) is 5.97. The molecule has 11 heteroatoms. The number of amides is 1. The number of carboxylic acids is 1. The Hall–Kier alpha value is -3.60. The molecule has 0 radical (unpaired) electrons. The molecule has 2 aromatic carbocycles. The molecular formula is C18H16N2O8S. The van der Waals surface area contributed by atoms with Crippen LogP contribution in [0.25, 0.3) is 0 Å². The molecule has 2 N–H and O–H groups in total. The highest BCUT2D eigenvalue weighted by Crippen LogP contribution is 2.34. The average molecular weight is 420 g/mol. The van der Waals surface area contributed by atoms with Gasteiger partial charge in [0.1, 0.15) is 12.3 Å². The van der Waals surface area contributed by atoms with Crippen LogP contribution < -0.4 is 14.4 Å². The summed E-state index contributed by atoms with van der Waals surface area (Å²) in [6.45, 7) is -0.974. The highest BCUT2D eigenvalue weighted by Gasteiger charge is 2.29. The summed E-state index contributed by atoms with van der Waals surface area (Å²) in [6.07, 6.45) is 0. The van der Waals surface area contributed by atoms with Crippen molar-refractivity contribution in [3.8, 4) is 5.75 Å². The summed E-state index contributed by atoms with van der Waals surface area (Å²) in [6, 6.07) is 9.47. The molecule has 0 bridgehead atoms. The van der Waals surface area contributed by atoms with Gasteiger partial charge in [-0.1, -0.05) is 6.07 Å². The van der Waals surface area contributed by atoms with E-state index in [0.717, 1.165) is 11.0 Å². The van der Waals surface area contributed by atoms with Gasteiger partial charge in [-0.25, -0.2) is 13.2 Å². The van der Waals surface area contributed by atoms with Gasteiger partial charge in [0.05, 0.1) is 23.3 Å². The number of benzene rings is 2. The van der Waals surface area contributed by atoms with E-state index >= 15 is 0 Å². The fraction of sp³-hybridized carbons (Fsp3) is 0.167. The highest BCUT2D eigenvalue weighted by atomic mass is 32.2. The Morgan fingerprint density at radius 1 is 1.24 bits per heavy atom. The van der Waals surface area contributed by atoms with E-state index in [1.165, 1.54) is 43.5 Å². The Morgan fingerprint density at radius 2 is 2.00 bits per heavy atom. The number of carboxylic acid groups (broad SMARTS) is 1. The average Bonchev–Trinajstić information content (AvgIpc) is 2.68. The zero-order valence-electron chi connectivity index (χ0n) is 15.1. The van der Waals surface area contributed by atoms with Gasteiger partial charge < -0.3 is 14.6 Å². The van der Waals surface area contributed by atoms with Gasteiger partial charge in [-0.05, 0) is 36.4 Å². The van der Waals surface area contributed by atoms with Crippen molar-refractivity contribution in [3.05, 3.63) is 48.0 Å². The zero-order chi connectivity index (χ0) is 21.2. The molecule has 0 aromatic heterocycles. The standard InChI is InChI=1S/C18H16N2O8S/c1-27-18(24)11-3-2-4-12(7-11)19-29(25,26)13-5-6-15-14(8-13)20(9-17(22)23)16(21)10-28-15/h2-8,19H,9-10H2,1H3,(H,22,23). The van der Waals surface area contributed by atoms with Crippen LogP contribution in [0.5, 0.6) is 5.75 Å². The number of hydrogen-bond donors (Lipinski definition) is 2. The number of rotatable bonds is 6. The van der Waals surface area contributed by atoms with E-state index in [9.17, 15) is 22.8 Å². The number of methoxy groups -OCH3 is 1. The van der Waals surface area contributed by atoms with Crippen LogP contribution in [0.15, 0.2) is 47.4 Å². The molecule has 1 heterocycles. The zero-order valence-corrected chi connectivity index (χ0v) is 15.9. The maximum Gasteiger partial charge on any atom is 0.337 e. The minimum atomic E-state index is -4.11. The minimum Gasteiger partial charge on any atom is -0.482 e. The number of aliphatic carboxylic acids is 1. The van der Waals surface area contributed by atoms with Gasteiger partial charge >= 0.3 is 11.9 Å². The molecule has 0 saturated carbocycles. The van der Waals surface area contributed by atoms with Crippen molar-refractivity contribution in [2.45, 2.75) is 4.90 Å². The van der Waals surface area contributed by atoms with Gasteiger partial charge in [-0.3, -0.25) is 19.2 Å². The van der Waals surface area contributed by atoms with Gasteiger partial charge in [0, 0.05) is 5.69 Å². The molecule has 0 unspecified atom stereocenters. The lowest BCUT2D eigenvalue weighted by molar-refractivity contribution is -0.137. The first-order valence-corrected chi connectivity index (χ1v) is 9.70. The van der Waals surface area contributed by atoms with E-state index in [1.807, 2.05) is 0 Å². The first-order valence-electron chi connectivity index (χ1n) is 8.21. The second kappa shape index (κ2) is 7.80. The van der Waals surface area contributed by atoms with Crippen LogP contribution in [-0.4, -0.2) is 51.6 Å². The summed E-state index contributed by atoms with van der Waals surface area (Å²) in [5, 5.41) is 9.02. The van der Waals surface area contributed by atoms with Crippen LogP contribution in [0.4, 0.5) is 11.4 Å². The minimum absolute atomic E-state index is 0.0369. The van der Waals surface area contributed by atoms with Crippen molar-refractivity contribution in [2.24, 2.45) is 0 Å². The van der Waals surface area contributed by atoms with Crippen molar-refractivity contribution < 1.29 is 37.4 Å². The number of nitrogens with one attached hydrogen (secondary N) is 1. The molecule has 0 atom stereocenters. The fourth-order valence-corrected chi connectivity index (χ4v) is 3.77. The number of fused-ring (bicyclic) bond motifs is 1. The van der Waals surface area contributed by atoms with Crippen molar-refractivity contribution in [1.29, 1.82) is 0 Å². The number of esters is 1. The maximum atomic E-state index is 12.8. The molecule has 1 aliphatic rings. The molecule has 0 fully saturated rings. The predicted molar refractivity (Wildman–Crippen MR) is 101 cm³/mol. The first-order chi connectivity index (χ1) is 13.7. The monoisotopic (exact) mass is 420 g/mol. The molecule has 1 amide bonds. The van der Waals surface area contributed by atoms with Crippen molar-refractivity contribution >= 4 is 39.2 Å². The normalized spacial score (nSPS) is 13.3. The molecule has 10 nitrogen and oxygen atoms in total. The van der Waals surface area contributed by atoms with Crippen LogP contribution in [0.1, 0.15) is 10.4 Å². The molecule has 1 aliphatic heterocycles. The quantitative estimate of drug-likeness (QED) is 0.662. The smallest absolute Gasteiger partial charge is 0.337 e. The van der Waals surface area contributed by atoms with Gasteiger partial charge in [0.2, 0.25) is 0 Å². The SMILES string of the molecule is COC(=O)c1cccc(NS(=O)(=O)c2ccc3c(c2)N(CC(=O)O)C(=O)CO3)c1. The lowest BCUT2D eigenvalue weighted by Gasteiger charge is -2.28. The molecule has 0 spiro atoms. The van der Waals surface area contributed by atoms with E-state index in [0.29, 0.717) is 0 Å². The molecule has 0 aliphatic carbocycles. The number of hydrogen-bond acceptors (Lipinski definition) is 7. The molecule has 29 heavy (non-hydrogen) atoms. The summed E-state index contributed by atoms with van der Waals surface area (Å²) >= 11 is 0. The molecular weight excluding hydrogens is 404 g/mol. The summed E-state index contributed by atoms with van der Waals surface area (Å²) in [4.78, 5) is 35.4. The lowest BCUT2D eigenvalue weighted by atomic mass is 10.2. The Balaban J connectivity index is 1.94. The highest BCUT2D eigenvalue weighted by molar-refractivity contribution is 7.92. The van der Waals surface area contributed by atoms with Gasteiger partial charge in [-0.2, -0.15) is 0 Å². The second-order valence-corrected chi connectivity index (χ2v) is 7.65. The topological polar surface area (TPSA) is 139 Å². The van der Waals surface area contributed by atoms with Gasteiger partial charge in [0.25, 0.3) is 15.9 Å². The molecule has 3 rings (SSSR count). The largest absolute Gasteiger partial charge is 0.482 e. The number of carbonyl (C=O) groups excluding carboxylic acids is 2. The summed E-state index contributed by atoms with van der Waals surface area (Å²) in [5.74, 6) is -2.29. The third-order valence-electron chi connectivity index (χ3n) is 4.01. The predicted octanol–water partition coefficient (Wildman–Crippen LogP) is 1.08. The molecule has 0 saturated heterocycles. The van der Waals surface area contributed by atoms with E-state index in [-0.39, 0.29) is 34.2 Å².